The van der Waals surface area contributed by atoms with E-state index in [0.717, 1.165) is 22.3 Å². The van der Waals surface area contributed by atoms with Gasteiger partial charge >= 0.3 is 0 Å². The second kappa shape index (κ2) is 11.1. The number of carbonyl (C=O) groups excluding carboxylic acids is 2. The molecule has 7 rings (SSSR count). The van der Waals surface area contributed by atoms with Crippen molar-refractivity contribution < 1.29 is 24.2 Å². The van der Waals surface area contributed by atoms with Gasteiger partial charge in [-0.1, -0.05) is 24.3 Å². The first-order chi connectivity index (χ1) is 19.5. The molecule has 4 heterocycles. The monoisotopic (exact) mass is 535 g/mol. The van der Waals surface area contributed by atoms with Crippen molar-refractivity contribution in [3.05, 3.63) is 113 Å². The Hall–Kier alpha value is -4.85. The first-order valence-electron chi connectivity index (χ1n) is 13.4. The van der Waals surface area contributed by atoms with E-state index < -0.39 is 0 Å². The van der Waals surface area contributed by atoms with Gasteiger partial charge in [0.1, 0.15) is 23.0 Å². The van der Waals surface area contributed by atoms with Gasteiger partial charge in [-0.25, -0.2) is 0 Å². The molecule has 8 heteroatoms. The largest absolute Gasteiger partial charge is 0.507 e. The van der Waals surface area contributed by atoms with Crippen LogP contribution in [-0.2, 0) is 17.6 Å². The average molecular weight is 536 g/mol. The minimum atomic E-state index is -0.379. The van der Waals surface area contributed by atoms with Crippen LogP contribution in [0.1, 0.15) is 45.1 Å². The number of amides is 2. The molecule has 0 saturated carbocycles. The van der Waals surface area contributed by atoms with Gasteiger partial charge in [-0.15, -0.1) is 0 Å². The molecule has 3 aliphatic heterocycles. The van der Waals surface area contributed by atoms with E-state index in [1.54, 1.807) is 18.5 Å². The van der Waals surface area contributed by atoms with Crippen LogP contribution in [0.15, 0.2) is 85.2 Å². The molecule has 1 unspecified atom stereocenters. The minimum Gasteiger partial charge on any atom is -0.507 e. The zero-order valence-electron chi connectivity index (χ0n) is 21.9. The number of phenolic OH excluding ortho intramolecular Hbond substituents is 1. The quantitative estimate of drug-likeness (QED) is 0.382. The summed E-state index contributed by atoms with van der Waals surface area (Å²) in [6, 6.07) is 21.8. The molecular formula is C32H29N3O5. The van der Waals surface area contributed by atoms with Gasteiger partial charge in [-0.2, -0.15) is 0 Å². The number of hydrogen-bond donors (Lipinski definition) is 2. The molecule has 2 amide bonds. The van der Waals surface area contributed by atoms with Crippen molar-refractivity contribution in [3.8, 4) is 23.0 Å². The van der Waals surface area contributed by atoms with Crippen LogP contribution in [0.4, 0.5) is 0 Å². The van der Waals surface area contributed by atoms with Crippen molar-refractivity contribution in [1.29, 1.82) is 0 Å². The maximum Gasteiger partial charge on any atom is 0.255 e. The van der Waals surface area contributed by atoms with Crippen LogP contribution < -0.4 is 14.8 Å². The molecule has 2 N–H and O–H groups in total. The SMILES string of the molecule is O=C1NCCCOc2cccc(c2)C2c3ccc(cc3CCN2C(=O)Cc2cccnc2)Oc2ccc(O)c1c2. The van der Waals surface area contributed by atoms with Gasteiger partial charge in [0.05, 0.1) is 24.6 Å². The summed E-state index contributed by atoms with van der Waals surface area (Å²) in [5, 5.41) is 13.1. The van der Waals surface area contributed by atoms with Crippen LogP contribution in [0.25, 0.3) is 0 Å². The highest BCUT2D eigenvalue weighted by Crippen LogP contribution is 2.39. The summed E-state index contributed by atoms with van der Waals surface area (Å²) in [6.45, 7) is 1.33. The molecule has 1 atom stereocenters. The van der Waals surface area contributed by atoms with E-state index in [-0.39, 0.29) is 35.6 Å². The smallest absolute Gasteiger partial charge is 0.255 e. The van der Waals surface area contributed by atoms with Gasteiger partial charge in [0.2, 0.25) is 5.91 Å². The second-order valence-corrected chi connectivity index (χ2v) is 9.95. The van der Waals surface area contributed by atoms with Crippen LogP contribution in [0, 0.1) is 0 Å². The maximum atomic E-state index is 13.6. The molecule has 0 fully saturated rings. The minimum absolute atomic E-state index is 0.0322. The van der Waals surface area contributed by atoms with E-state index in [1.165, 1.54) is 12.1 Å². The van der Waals surface area contributed by atoms with Crippen molar-refractivity contribution in [3.63, 3.8) is 0 Å². The third-order valence-electron chi connectivity index (χ3n) is 7.24. The van der Waals surface area contributed by atoms with E-state index in [0.29, 0.717) is 49.8 Å². The lowest BCUT2D eigenvalue weighted by molar-refractivity contribution is -0.132. The third-order valence-corrected chi connectivity index (χ3v) is 7.24. The summed E-state index contributed by atoms with van der Waals surface area (Å²) in [5.74, 6) is 1.29. The number of phenols is 1. The summed E-state index contributed by atoms with van der Waals surface area (Å²) in [5.41, 5.74) is 4.09. The number of fused-ring (bicyclic) bond motifs is 6. The molecule has 40 heavy (non-hydrogen) atoms. The predicted octanol–water partition coefficient (Wildman–Crippen LogP) is 4.81. The van der Waals surface area contributed by atoms with Crippen LogP contribution in [0.2, 0.25) is 0 Å². The molecular weight excluding hydrogens is 506 g/mol. The van der Waals surface area contributed by atoms with Gasteiger partial charge in [0, 0.05) is 25.5 Å². The van der Waals surface area contributed by atoms with Crippen molar-refractivity contribution >= 4 is 11.8 Å². The van der Waals surface area contributed by atoms with E-state index in [1.807, 2.05) is 59.5 Å². The number of aromatic nitrogens is 1. The number of hydrogen-bond acceptors (Lipinski definition) is 6. The van der Waals surface area contributed by atoms with Gasteiger partial charge in [-0.3, -0.25) is 14.6 Å². The lowest BCUT2D eigenvalue weighted by Gasteiger charge is -2.38. The Morgan fingerprint density at radius 2 is 1.90 bits per heavy atom. The van der Waals surface area contributed by atoms with Crippen LogP contribution >= 0.6 is 0 Å². The Labute approximate surface area is 232 Å². The van der Waals surface area contributed by atoms with Crippen molar-refractivity contribution in [1.82, 2.24) is 15.2 Å². The number of pyridine rings is 1. The van der Waals surface area contributed by atoms with Gasteiger partial charge in [0.15, 0.2) is 0 Å². The number of nitrogens with one attached hydrogen (secondary N) is 1. The molecule has 8 nitrogen and oxygen atoms in total. The molecule has 1 aromatic heterocycles. The number of benzene rings is 3. The Balaban J connectivity index is 1.40. The van der Waals surface area contributed by atoms with Gasteiger partial charge in [-0.05, 0) is 83.6 Å². The number of carbonyl (C=O) groups is 2. The topological polar surface area (TPSA) is 101 Å². The van der Waals surface area contributed by atoms with Crippen molar-refractivity contribution in [2.45, 2.75) is 25.3 Å². The Morgan fingerprint density at radius 1 is 1.02 bits per heavy atom. The lowest BCUT2D eigenvalue weighted by Crippen LogP contribution is -2.41. The molecule has 0 saturated heterocycles. The fraction of sp³-hybridized carbons (Fsp3) is 0.219. The molecule has 8 bridgehead atoms. The van der Waals surface area contributed by atoms with Crippen LogP contribution in [0.3, 0.4) is 0 Å². The van der Waals surface area contributed by atoms with Crippen molar-refractivity contribution in [2.75, 3.05) is 19.7 Å². The molecule has 0 radical (unpaired) electrons. The van der Waals surface area contributed by atoms with Crippen molar-refractivity contribution in [2.24, 2.45) is 0 Å². The highest BCUT2D eigenvalue weighted by Gasteiger charge is 2.32. The summed E-state index contributed by atoms with van der Waals surface area (Å²) in [4.78, 5) is 32.4. The molecule has 3 aliphatic rings. The van der Waals surface area contributed by atoms with E-state index in [2.05, 4.69) is 10.3 Å². The summed E-state index contributed by atoms with van der Waals surface area (Å²) in [7, 11) is 0. The highest BCUT2D eigenvalue weighted by atomic mass is 16.5. The van der Waals surface area contributed by atoms with Crippen LogP contribution in [0.5, 0.6) is 23.0 Å². The first-order valence-corrected chi connectivity index (χ1v) is 13.4. The zero-order chi connectivity index (χ0) is 27.5. The lowest BCUT2D eigenvalue weighted by atomic mass is 9.87. The zero-order valence-corrected chi connectivity index (χ0v) is 21.9. The predicted molar refractivity (Wildman–Crippen MR) is 149 cm³/mol. The third kappa shape index (κ3) is 5.33. The maximum absolute atomic E-state index is 13.6. The Bertz CT molecular complexity index is 1560. The Morgan fingerprint density at radius 3 is 2.77 bits per heavy atom. The van der Waals surface area contributed by atoms with E-state index in [4.69, 9.17) is 9.47 Å². The van der Waals surface area contributed by atoms with E-state index in [9.17, 15) is 14.7 Å². The van der Waals surface area contributed by atoms with Gasteiger partial charge < -0.3 is 24.8 Å². The fourth-order valence-corrected chi connectivity index (χ4v) is 5.30. The number of ether oxygens (including phenoxy) is 2. The van der Waals surface area contributed by atoms with Crippen LogP contribution in [-0.4, -0.2) is 46.5 Å². The van der Waals surface area contributed by atoms with Gasteiger partial charge in [0.25, 0.3) is 5.91 Å². The standard InChI is InChI=1S/C32H29N3O5/c36-29-10-8-26-19-28(29)32(38)34-13-3-15-39-24-6-1-5-23(18-24)31-27-9-7-25(40-26)17-22(27)11-14-35(31)30(37)16-21-4-2-12-33-20-21/h1-2,4-10,12,17-20,31,36H,3,11,13-16H2,(H,34,38). The number of aromatic hydroxyl groups is 1. The molecule has 3 aromatic carbocycles. The van der Waals surface area contributed by atoms with E-state index >= 15 is 0 Å². The summed E-state index contributed by atoms with van der Waals surface area (Å²) in [6.07, 6.45) is 4.95. The molecule has 0 aliphatic carbocycles. The first kappa shape index (κ1) is 25.4. The molecule has 0 spiro atoms. The summed E-state index contributed by atoms with van der Waals surface area (Å²) < 4.78 is 12.1. The average Bonchev–Trinajstić information content (AvgIpc) is 2.97. The molecule has 4 aromatic rings. The number of rotatable bonds is 2. The number of nitrogens with zero attached hydrogens (tertiary/aromatic N) is 2. The second-order valence-electron chi connectivity index (χ2n) is 9.95. The normalized spacial score (nSPS) is 16.6. The fourth-order valence-electron chi connectivity index (χ4n) is 5.30. The Kier molecular flexibility index (Phi) is 7.06. The molecule has 202 valence electrons. The summed E-state index contributed by atoms with van der Waals surface area (Å²) >= 11 is 0. The highest BCUT2D eigenvalue weighted by molar-refractivity contribution is 5.97.